The highest BCUT2D eigenvalue weighted by Gasteiger charge is 2.19. The Hall–Kier alpha value is -2.23. The van der Waals surface area contributed by atoms with Gasteiger partial charge in [0.2, 0.25) is 0 Å². The lowest BCUT2D eigenvalue weighted by molar-refractivity contribution is 0.207. The molecule has 9 nitrogen and oxygen atoms in total. The topological polar surface area (TPSA) is 139 Å². The van der Waals surface area contributed by atoms with Crippen molar-refractivity contribution in [2.24, 2.45) is 0 Å². The highest BCUT2D eigenvalue weighted by Crippen LogP contribution is 2.35. The minimum absolute atomic E-state index is 0.0752. The van der Waals surface area contributed by atoms with Gasteiger partial charge >= 0.3 is 13.9 Å². The van der Waals surface area contributed by atoms with Crippen molar-refractivity contribution in [1.82, 2.24) is 0 Å². The first kappa shape index (κ1) is 20.1. The Morgan fingerprint density at radius 2 is 1.65 bits per heavy atom. The van der Waals surface area contributed by atoms with Crippen molar-refractivity contribution < 1.29 is 36.8 Å². The molecule has 0 unspecified atom stereocenters. The average molecular weight is 401 g/mol. The molecule has 0 radical (unpaired) electrons. The summed E-state index contributed by atoms with van der Waals surface area (Å²) in [6.45, 7) is -0.643. The van der Waals surface area contributed by atoms with E-state index >= 15 is 0 Å². The summed E-state index contributed by atoms with van der Waals surface area (Å²) in [5, 5.41) is 2.45. The number of hydrogen-bond acceptors (Lipinski definition) is 6. The lowest BCUT2D eigenvalue weighted by atomic mass is 10.3. The molecule has 0 aromatic heterocycles. The fourth-order valence-corrected chi connectivity index (χ4v) is 3.41. The molecule has 0 aliphatic heterocycles. The monoisotopic (exact) mass is 401 g/mol. The summed E-state index contributed by atoms with van der Waals surface area (Å²) < 4.78 is 43.8. The molecule has 0 fully saturated rings. The number of phosphoric ester groups is 1. The van der Waals surface area contributed by atoms with Crippen LogP contribution in [0, 0.1) is 0 Å². The van der Waals surface area contributed by atoms with Crippen molar-refractivity contribution in [2.45, 2.75) is 4.90 Å². The molecular formula is C15H16NO8PS. The predicted octanol–water partition coefficient (Wildman–Crippen LogP) is 2.18. The van der Waals surface area contributed by atoms with E-state index in [4.69, 9.17) is 14.5 Å². The summed E-state index contributed by atoms with van der Waals surface area (Å²) in [4.78, 5) is 28.8. The second kappa shape index (κ2) is 8.43. The number of phosphoric acid groups is 1. The third-order valence-corrected chi connectivity index (χ3v) is 5.24. The number of nitrogens with one attached hydrogen (secondary N) is 1. The van der Waals surface area contributed by atoms with E-state index < -0.39 is 36.1 Å². The van der Waals surface area contributed by atoms with Crippen LogP contribution in [0.5, 0.6) is 5.75 Å². The zero-order valence-electron chi connectivity index (χ0n) is 13.3. The fraction of sp³-hybridized carbons (Fsp3) is 0.133. The van der Waals surface area contributed by atoms with Gasteiger partial charge in [-0.05, 0) is 36.4 Å². The van der Waals surface area contributed by atoms with Gasteiger partial charge in [0.25, 0.3) is 0 Å². The van der Waals surface area contributed by atoms with Crippen LogP contribution in [-0.4, -0.2) is 36.7 Å². The van der Waals surface area contributed by atoms with Crippen molar-refractivity contribution in [2.75, 3.05) is 17.7 Å². The Labute approximate surface area is 149 Å². The molecule has 0 saturated heterocycles. The number of carbonyl (C=O) groups is 1. The standard InChI is InChI=1S/C15H16NO8PS/c17-15(24-13-4-2-1-3-5-13)16-12-6-8-14(9-7-12)26(21,22)11-10-23-25(18,19)20/h1-9H,10-11H2,(H,16,17)(H2,18,19,20). The number of anilines is 1. The van der Waals surface area contributed by atoms with Gasteiger partial charge in [-0.25, -0.2) is 17.8 Å². The number of ether oxygens (including phenoxy) is 1. The van der Waals surface area contributed by atoms with Gasteiger partial charge in [-0.3, -0.25) is 9.84 Å². The first-order chi connectivity index (χ1) is 12.2. The van der Waals surface area contributed by atoms with E-state index in [1.54, 1.807) is 30.3 Å². The normalized spacial score (nSPS) is 11.8. The first-order valence-corrected chi connectivity index (χ1v) is 10.4. The fourth-order valence-electron chi connectivity index (χ4n) is 1.87. The maximum absolute atomic E-state index is 12.0. The van der Waals surface area contributed by atoms with E-state index in [2.05, 4.69) is 9.84 Å². The van der Waals surface area contributed by atoms with Crippen LogP contribution < -0.4 is 10.1 Å². The molecule has 3 N–H and O–H groups in total. The van der Waals surface area contributed by atoms with Crippen molar-refractivity contribution >= 4 is 29.4 Å². The van der Waals surface area contributed by atoms with Crippen LogP contribution in [0.1, 0.15) is 0 Å². The lowest BCUT2D eigenvalue weighted by Gasteiger charge is -2.09. The summed E-state index contributed by atoms with van der Waals surface area (Å²) in [5.74, 6) is -0.241. The summed E-state index contributed by atoms with van der Waals surface area (Å²) in [6.07, 6.45) is -0.734. The highest BCUT2D eigenvalue weighted by molar-refractivity contribution is 7.91. The zero-order chi connectivity index (χ0) is 19.2. The largest absolute Gasteiger partial charge is 0.469 e. The Bertz CT molecular complexity index is 893. The van der Waals surface area contributed by atoms with Crippen LogP contribution in [-0.2, 0) is 18.9 Å². The number of benzene rings is 2. The van der Waals surface area contributed by atoms with Gasteiger partial charge in [0.1, 0.15) is 5.75 Å². The minimum Gasteiger partial charge on any atom is -0.410 e. The molecule has 26 heavy (non-hydrogen) atoms. The number of rotatable bonds is 7. The molecule has 0 spiro atoms. The molecule has 2 rings (SSSR count). The Balaban J connectivity index is 1.94. The minimum atomic E-state index is -4.72. The van der Waals surface area contributed by atoms with Crippen molar-refractivity contribution in [3.63, 3.8) is 0 Å². The van der Waals surface area contributed by atoms with Crippen molar-refractivity contribution in [3.05, 3.63) is 54.6 Å². The SMILES string of the molecule is O=C(Nc1ccc(S(=O)(=O)CCOP(=O)(O)O)cc1)Oc1ccccc1. The first-order valence-electron chi connectivity index (χ1n) is 7.22. The summed E-state index contributed by atoms with van der Waals surface area (Å²) in [5.41, 5.74) is 0.316. The van der Waals surface area contributed by atoms with Crippen LogP contribution in [0.25, 0.3) is 0 Å². The molecule has 2 aromatic rings. The third kappa shape index (κ3) is 6.58. The number of hydrogen-bond donors (Lipinski definition) is 3. The highest BCUT2D eigenvalue weighted by atomic mass is 32.2. The van der Waals surface area contributed by atoms with E-state index in [0.717, 1.165) is 0 Å². The molecule has 0 heterocycles. The molecule has 0 aliphatic rings. The van der Waals surface area contributed by atoms with Crippen molar-refractivity contribution in [3.8, 4) is 5.75 Å². The maximum Gasteiger partial charge on any atom is 0.469 e. The summed E-state index contributed by atoms with van der Waals surface area (Å²) in [6, 6.07) is 13.6. The second-order valence-corrected chi connectivity index (χ2v) is 8.34. The van der Waals surface area contributed by atoms with Crippen LogP contribution in [0.3, 0.4) is 0 Å². The Kier molecular flexibility index (Phi) is 6.52. The number of carbonyl (C=O) groups excluding carboxylic acids is 1. The van der Waals surface area contributed by atoms with Gasteiger partial charge in [0, 0.05) is 5.69 Å². The maximum atomic E-state index is 12.0. The molecule has 2 aromatic carbocycles. The average Bonchev–Trinajstić information content (AvgIpc) is 2.54. The number of amides is 1. The lowest BCUT2D eigenvalue weighted by Crippen LogP contribution is -2.17. The van der Waals surface area contributed by atoms with Gasteiger partial charge in [-0.2, -0.15) is 0 Å². The molecular weight excluding hydrogens is 385 g/mol. The Morgan fingerprint density at radius 1 is 1.04 bits per heavy atom. The molecule has 1 amide bonds. The molecule has 0 saturated carbocycles. The summed E-state index contributed by atoms with van der Waals surface area (Å²) in [7, 11) is -8.51. The molecule has 140 valence electrons. The zero-order valence-corrected chi connectivity index (χ0v) is 15.0. The van der Waals surface area contributed by atoms with E-state index in [1.165, 1.54) is 24.3 Å². The van der Waals surface area contributed by atoms with Crippen LogP contribution in [0.2, 0.25) is 0 Å². The van der Waals surface area contributed by atoms with Crippen LogP contribution in [0.4, 0.5) is 10.5 Å². The number of sulfone groups is 1. The van der Waals surface area contributed by atoms with Crippen LogP contribution in [0.15, 0.2) is 59.5 Å². The van der Waals surface area contributed by atoms with E-state index in [0.29, 0.717) is 11.4 Å². The van der Waals surface area contributed by atoms with Crippen molar-refractivity contribution in [1.29, 1.82) is 0 Å². The second-order valence-electron chi connectivity index (χ2n) is 4.99. The molecule has 0 aliphatic carbocycles. The van der Waals surface area contributed by atoms with Crippen LogP contribution >= 0.6 is 7.82 Å². The van der Waals surface area contributed by atoms with E-state index in [1.807, 2.05) is 0 Å². The van der Waals surface area contributed by atoms with E-state index in [-0.39, 0.29) is 4.90 Å². The summed E-state index contributed by atoms with van der Waals surface area (Å²) >= 11 is 0. The molecule has 0 atom stereocenters. The smallest absolute Gasteiger partial charge is 0.410 e. The molecule has 0 bridgehead atoms. The van der Waals surface area contributed by atoms with Gasteiger partial charge in [-0.15, -0.1) is 0 Å². The predicted molar refractivity (Wildman–Crippen MR) is 92.6 cm³/mol. The van der Waals surface area contributed by atoms with Gasteiger partial charge in [0.05, 0.1) is 17.3 Å². The van der Waals surface area contributed by atoms with Gasteiger partial charge in [-0.1, -0.05) is 18.2 Å². The molecule has 11 heteroatoms. The third-order valence-electron chi connectivity index (χ3n) is 3.03. The van der Waals surface area contributed by atoms with Gasteiger partial charge < -0.3 is 14.5 Å². The quantitative estimate of drug-likeness (QED) is 0.600. The van der Waals surface area contributed by atoms with Gasteiger partial charge in [0.15, 0.2) is 9.84 Å². The number of para-hydroxylation sites is 1. The van der Waals surface area contributed by atoms with E-state index in [9.17, 15) is 17.8 Å². The Morgan fingerprint density at radius 3 is 2.23 bits per heavy atom.